The molecule has 0 saturated heterocycles. The summed E-state index contributed by atoms with van der Waals surface area (Å²) in [5.74, 6) is 5.08. The molecule has 2 N–H and O–H groups in total. The molecular weight excluding hydrogens is 176 g/mol. The molecule has 4 nitrogen and oxygen atoms in total. The Hall–Kier alpha value is -1.84. The monoisotopic (exact) mass is 190 g/mol. The predicted octanol–water partition coefficient (Wildman–Crippen LogP) is 1.44. The fourth-order valence-electron chi connectivity index (χ4n) is 0.914. The van der Waals surface area contributed by atoms with Gasteiger partial charge in [0.1, 0.15) is 0 Å². The van der Waals surface area contributed by atoms with E-state index in [9.17, 15) is 0 Å². The smallest absolute Gasteiger partial charge is 0.0769 e. The van der Waals surface area contributed by atoms with Gasteiger partial charge in [0.15, 0.2) is 0 Å². The molecule has 74 valence electrons. The number of hydrogen-bond acceptors (Lipinski definition) is 4. The highest BCUT2D eigenvalue weighted by Crippen LogP contribution is 2.10. The lowest BCUT2D eigenvalue weighted by atomic mass is 10.3. The van der Waals surface area contributed by atoms with Crippen molar-refractivity contribution in [2.45, 2.75) is 6.92 Å². The van der Waals surface area contributed by atoms with E-state index >= 15 is 0 Å². The van der Waals surface area contributed by atoms with Gasteiger partial charge in [-0.2, -0.15) is 10.2 Å². The van der Waals surface area contributed by atoms with E-state index in [4.69, 9.17) is 5.84 Å². The first-order chi connectivity index (χ1) is 6.74. The van der Waals surface area contributed by atoms with E-state index in [2.05, 4.69) is 10.2 Å². The topological polar surface area (TPSA) is 54.0 Å². The first-order valence-electron chi connectivity index (χ1n) is 4.31. The van der Waals surface area contributed by atoms with E-state index in [1.54, 1.807) is 18.1 Å². The van der Waals surface area contributed by atoms with Crippen LogP contribution in [-0.4, -0.2) is 19.0 Å². The number of hydrazone groups is 2. The van der Waals surface area contributed by atoms with E-state index in [1.807, 2.05) is 37.4 Å². The Labute approximate surface area is 83.7 Å². The Morgan fingerprint density at radius 1 is 1.36 bits per heavy atom. The van der Waals surface area contributed by atoms with Crippen LogP contribution < -0.4 is 10.9 Å². The number of nitrogens with zero attached hydrogens (tertiary/aromatic N) is 3. The maximum atomic E-state index is 5.08. The highest BCUT2D eigenvalue weighted by molar-refractivity contribution is 6.29. The van der Waals surface area contributed by atoms with Gasteiger partial charge in [-0.15, -0.1) is 0 Å². The molecule has 0 saturated carbocycles. The second kappa shape index (κ2) is 5.01. The van der Waals surface area contributed by atoms with Crippen molar-refractivity contribution in [3.63, 3.8) is 0 Å². The Balaban J connectivity index is 2.68. The molecule has 0 bridgehead atoms. The van der Waals surface area contributed by atoms with Gasteiger partial charge in [-0.3, -0.25) is 5.01 Å². The molecule has 0 unspecified atom stereocenters. The molecule has 14 heavy (non-hydrogen) atoms. The molecule has 1 aromatic carbocycles. The fraction of sp³-hybridized carbons (Fsp3) is 0.200. The number of para-hydroxylation sites is 1. The maximum Gasteiger partial charge on any atom is 0.0769 e. The Morgan fingerprint density at radius 3 is 2.57 bits per heavy atom. The van der Waals surface area contributed by atoms with Gasteiger partial charge in [0.2, 0.25) is 0 Å². The molecule has 0 aliphatic rings. The zero-order valence-corrected chi connectivity index (χ0v) is 8.38. The summed E-state index contributed by atoms with van der Waals surface area (Å²) >= 11 is 0. The van der Waals surface area contributed by atoms with Gasteiger partial charge in [-0.1, -0.05) is 18.2 Å². The molecule has 1 rings (SSSR count). The van der Waals surface area contributed by atoms with Crippen molar-refractivity contribution >= 4 is 17.6 Å². The Bertz CT molecular complexity index is 329. The Kier molecular flexibility index (Phi) is 3.67. The second-order valence-electron chi connectivity index (χ2n) is 2.87. The van der Waals surface area contributed by atoms with Gasteiger partial charge in [-0.05, 0) is 19.1 Å². The third-order valence-electron chi connectivity index (χ3n) is 1.75. The first kappa shape index (κ1) is 10.2. The fourth-order valence-corrected chi connectivity index (χ4v) is 0.914. The summed E-state index contributed by atoms with van der Waals surface area (Å²) in [6, 6.07) is 9.85. The SMILES string of the molecule is CC(C=NN(C)c1ccccc1)=NN. The van der Waals surface area contributed by atoms with Gasteiger partial charge >= 0.3 is 0 Å². The van der Waals surface area contributed by atoms with Crippen LogP contribution in [-0.2, 0) is 0 Å². The van der Waals surface area contributed by atoms with E-state index in [0.717, 1.165) is 5.69 Å². The standard InChI is InChI=1S/C10H14N4/c1-9(13-11)8-12-14(2)10-6-4-3-5-7-10/h3-8H,11H2,1-2H3. The van der Waals surface area contributed by atoms with Crippen LogP contribution in [0.25, 0.3) is 0 Å². The average molecular weight is 190 g/mol. The quantitative estimate of drug-likeness (QED) is 0.445. The molecule has 4 heteroatoms. The zero-order valence-electron chi connectivity index (χ0n) is 8.38. The summed E-state index contributed by atoms with van der Waals surface area (Å²) in [6.07, 6.45) is 1.62. The van der Waals surface area contributed by atoms with Gasteiger partial charge in [0, 0.05) is 7.05 Å². The van der Waals surface area contributed by atoms with E-state index in [0.29, 0.717) is 5.71 Å². The molecule has 0 atom stereocenters. The molecule has 0 fully saturated rings. The van der Waals surface area contributed by atoms with E-state index in [1.165, 1.54) is 0 Å². The van der Waals surface area contributed by atoms with Gasteiger partial charge in [-0.25, -0.2) is 0 Å². The molecule has 0 radical (unpaired) electrons. The van der Waals surface area contributed by atoms with Crippen LogP contribution in [0.5, 0.6) is 0 Å². The van der Waals surface area contributed by atoms with Crippen LogP contribution in [0.1, 0.15) is 6.92 Å². The second-order valence-corrected chi connectivity index (χ2v) is 2.87. The lowest BCUT2D eigenvalue weighted by molar-refractivity contribution is 1.03. The third-order valence-corrected chi connectivity index (χ3v) is 1.75. The predicted molar refractivity (Wildman–Crippen MR) is 60.6 cm³/mol. The molecule has 0 aliphatic heterocycles. The molecule has 0 spiro atoms. The van der Waals surface area contributed by atoms with Crippen LogP contribution in [0.3, 0.4) is 0 Å². The largest absolute Gasteiger partial charge is 0.323 e. The molecule has 1 aromatic rings. The van der Waals surface area contributed by atoms with Crippen LogP contribution in [0.15, 0.2) is 40.5 Å². The van der Waals surface area contributed by atoms with Gasteiger partial charge < -0.3 is 5.84 Å². The van der Waals surface area contributed by atoms with Crippen molar-refractivity contribution in [1.82, 2.24) is 0 Å². The number of nitrogens with two attached hydrogens (primary N) is 1. The number of benzene rings is 1. The highest BCUT2D eigenvalue weighted by Gasteiger charge is 1.94. The lowest BCUT2D eigenvalue weighted by Gasteiger charge is -2.11. The summed E-state index contributed by atoms with van der Waals surface area (Å²) < 4.78 is 0. The van der Waals surface area contributed by atoms with Crippen molar-refractivity contribution < 1.29 is 0 Å². The van der Waals surface area contributed by atoms with Gasteiger partial charge in [0.25, 0.3) is 0 Å². The summed E-state index contributed by atoms with van der Waals surface area (Å²) in [7, 11) is 1.87. The first-order valence-corrected chi connectivity index (χ1v) is 4.31. The molecule has 0 heterocycles. The normalized spacial score (nSPS) is 12.0. The summed E-state index contributed by atoms with van der Waals surface area (Å²) in [4.78, 5) is 0. The van der Waals surface area contributed by atoms with Crippen molar-refractivity contribution in [2.75, 3.05) is 12.1 Å². The molecular formula is C10H14N4. The number of rotatable bonds is 3. The summed E-state index contributed by atoms with van der Waals surface area (Å²) in [5.41, 5.74) is 1.71. The number of anilines is 1. The van der Waals surface area contributed by atoms with Crippen molar-refractivity contribution in [3.8, 4) is 0 Å². The van der Waals surface area contributed by atoms with E-state index < -0.39 is 0 Å². The van der Waals surface area contributed by atoms with Gasteiger partial charge in [0.05, 0.1) is 17.6 Å². The van der Waals surface area contributed by atoms with Crippen molar-refractivity contribution in [2.24, 2.45) is 16.0 Å². The summed E-state index contributed by atoms with van der Waals surface area (Å²) in [6.45, 7) is 1.79. The molecule has 0 amide bonds. The highest BCUT2D eigenvalue weighted by atomic mass is 15.4. The lowest BCUT2D eigenvalue weighted by Crippen LogP contribution is -2.10. The minimum Gasteiger partial charge on any atom is -0.323 e. The van der Waals surface area contributed by atoms with Crippen LogP contribution >= 0.6 is 0 Å². The van der Waals surface area contributed by atoms with Crippen molar-refractivity contribution in [1.29, 1.82) is 0 Å². The minimum absolute atomic E-state index is 0.688. The minimum atomic E-state index is 0.688. The molecule has 0 aromatic heterocycles. The van der Waals surface area contributed by atoms with Crippen LogP contribution in [0, 0.1) is 0 Å². The molecule has 0 aliphatic carbocycles. The van der Waals surface area contributed by atoms with E-state index in [-0.39, 0.29) is 0 Å². The Morgan fingerprint density at radius 2 is 2.00 bits per heavy atom. The summed E-state index contributed by atoms with van der Waals surface area (Å²) in [5, 5.41) is 9.42. The zero-order chi connectivity index (χ0) is 10.4. The van der Waals surface area contributed by atoms with Crippen LogP contribution in [0.4, 0.5) is 5.69 Å². The third kappa shape index (κ3) is 2.90. The average Bonchev–Trinajstić information content (AvgIpc) is 2.26. The van der Waals surface area contributed by atoms with Crippen LogP contribution in [0.2, 0.25) is 0 Å². The maximum absolute atomic E-state index is 5.08. The number of hydrogen-bond donors (Lipinski definition) is 1. The van der Waals surface area contributed by atoms with Crippen molar-refractivity contribution in [3.05, 3.63) is 30.3 Å².